The van der Waals surface area contributed by atoms with E-state index in [1.807, 2.05) is 13.8 Å². The Morgan fingerprint density at radius 3 is 2.47 bits per heavy atom. The molecule has 4 heteroatoms. The topological polar surface area (TPSA) is 69.6 Å². The van der Waals surface area contributed by atoms with E-state index < -0.39 is 0 Å². The number of phenolic OH excluding ortho intramolecular Hbond substituents is 1. The van der Waals surface area contributed by atoms with Crippen molar-refractivity contribution in [2.24, 2.45) is 5.41 Å². The van der Waals surface area contributed by atoms with Crippen molar-refractivity contribution < 1.29 is 15.0 Å². The third-order valence-corrected chi connectivity index (χ3v) is 3.94. The Kier molecular flexibility index (Phi) is 5.36. The Balaban J connectivity index is 2.78. The first kappa shape index (κ1) is 15.5. The lowest BCUT2D eigenvalue weighted by Gasteiger charge is -2.29. The van der Waals surface area contributed by atoms with Crippen molar-refractivity contribution in [3.8, 4) is 5.75 Å². The average Bonchev–Trinajstić information content (AvgIpc) is 2.44. The molecule has 1 aromatic carbocycles. The minimum Gasteiger partial charge on any atom is -0.507 e. The number of carbonyl (C=O) groups excluding carboxylic acids is 1. The number of nitrogens with one attached hydrogen (secondary N) is 1. The van der Waals surface area contributed by atoms with E-state index in [0.29, 0.717) is 12.1 Å². The molecule has 0 saturated heterocycles. The standard InChI is InChI=1S/C15H23NO3/c1-4-15(5-2,10-17)9-16-14(19)12-8-6-7-11(3)13(12)18/h6-8,17-18H,4-5,9-10H2,1-3H3,(H,16,19). The lowest BCUT2D eigenvalue weighted by atomic mass is 9.83. The van der Waals surface area contributed by atoms with Gasteiger partial charge in [-0.3, -0.25) is 4.79 Å². The maximum atomic E-state index is 12.1. The van der Waals surface area contributed by atoms with E-state index in [9.17, 15) is 15.0 Å². The molecule has 0 bridgehead atoms. The van der Waals surface area contributed by atoms with Crippen molar-refractivity contribution >= 4 is 5.91 Å². The number of aromatic hydroxyl groups is 1. The summed E-state index contributed by atoms with van der Waals surface area (Å²) < 4.78 is 0. The van der Waals surface area contributed by atoms with Gasteiger partial charge in [-0.1, -0.05) is 26.0 Å². The molecule has 1 aromatic rings. The molecule has 106 valence electrons. The second-order valence-electron chi connectivity index (χ2n) is 5.02. The molecule has 3 N–H and O–H groups in total. The van der Waals surface area contributed by atoms with Crippen molar-refractivity contribution in [2.45, 2.75) is 33.6 Å². The molecular formula is C15H23NO3. The van der Waals surface area contributed by atoms with Crippen molar-refractivity contribution in [3.05, 3.63) is 29.3 Å². The van der Waals surface area contributed by atoms with Gasteiger partial charge in [-0.2, -0.15) is 0 Å². The third-order valence-electron chi connectivity index (χ3n) is 3.94. The van der Waals surface area contributed by atoms with Crippen LogP contribution >= 0.6 is 0 Å². The third kappa shape index (κ3) is 3.47. The normalized spacial score (nSPS) is 11.4. The molecule has 1 rings (SSSR count). The van der Waals surface area contributed by atoms with Gasteiger partial charge in [0.25, 0.3) is 5.91 Å². The predicted octanol–water partition coefficient (Wildman–Crippen LogP) is 2.23. The number of carbonyl (C=O) groups is 1. The number of benzene rings is 1. The molecule has 0 radical (unpaired) electrons. The second-order valence-corrected chi connectivity index (χ2v) is 5.02. The highest BCUT2D eigenvalue weighted by atomic mass is 16.3. The summed E-state index contributed by atoms with van der Waals surface area (Å²) in [6, 6.07) is 5.08. The number of amides is 1. The number of aryl methyl sites for hydroxylation is 1. The van der Waals surface area contributed by atoms with E-state index in [1.54, 1.807) is 25.1 Å². The van der Waals surface area contributed by atoms with Crippen molar-refractivity contribution in [2.75, 3.05) is 13.2 Å². The summed E-state index contributed by atoms with van der Waals surface area (Å²) in [5, 5.41) is 22.1. The Morgan fingerprint density at radius 1 is 1.32 bits per heavy atom. The summed E-state index contributed by atoms with van der Waals surface area (Å²) in [6.07, 6.45) is 1.58. The van der Waals surface area contributed by atoms with E-state index in [0.717, 1.165) is 12.8 Å². The van der Waals surface area contributed by atoms with Crippen LogP contribution in [0.25, 0.3) is 0 Å². The van der Waals surface area contributed by atoms with Crippen LogP contribution in [0.5, 0.6) is 5.75 Å². The number of aliphatic hydroxyl groups excluding tert-OH is 1. The summed E-state index contributed by atoms with van der Waals surface area (Å²) in [7, 11) is 0. The van der Waals surface area contributed by atoms with E-state index >= 15 is 0 Å². The van der Waals surface area contributed by atoms with Crippen LogP contribution < -0.4 is 5.32 Å². The van der Waals surface area contributed by atoms with Gasteiger partial charge < -0.3 is 15.5 Å². The molecule has 0 aliphatic rings. The van der Waals surface area contributed by atoms with E-state index in [2.05, 4.69) is 5.32 Å². The number of phenols is 1. The number of aliphatic hydroxyl groups is 1. The fourth-order valence-corrected chi connectivity index (χ4v) is 1.98. The van der Waals surface area contributed by atoms with Crippen LogP contribution in [0.4, 0.5) is 0 Å². The van der Waals surface area contributed by atoms with Crippen molar-refractivity contribution in [1.82, 2.24) is 5.32 Å². The number of para-hydroxylation sites is 1. The zero-order valence-corrected chi connectivity index (χ0v) is 11.9. The first-order valence-corrected chi connectivity index (χ1v) is 6.67. The van der Waals surface area contributed by atoms with Crippen LogP contribution in [-0.4, -0.2) is 29.3 Å². The van der Waals surface area contributed by atoms with Crippen LogP contribution in [0, 0.1) is 12.3 Å². The molecule has 0 atom stereocenters. The molecule has 0 aliphatic carbocycles. The van der Waals surface area contributed by atoms with Gasteiger partial charge in [0.1, 0.15) is 5.75 Å². The molecule has 4 nitrogen and oxygen atoms in total. The van der Waals surface area contributed by atoms with E-state index in [4.69, 9.17) is 0 Å². The van der Waals surface area contributed by atoms with E-state index in [1.165, 1.54) is 0 Å². The van der Waals surface area contributed by atoms with Gasteiger partial charge in [0.15, 0.2) is 0 Å². The van der Waals surface area contributed by atoms with Crippen molar-refractivity contribution in [3.63, 3.8) is 0 Å². The number of hydrogen-bond acceptors (Lipinski definition) is 3. The lowest BCUT2D eigenvalue weighted by molar-refractivity contribution is 0.0849. The van der Waals surface area contributed by atoms with Gasteiger partial charge in [-0.15, -0.1) is 0 Å². The largest absolute Gasteiger partial charge is 0.507 e. The molecule has 0 unspecified atom stereocenters. The average molecular weight is 265 g/mol. The molecule has 0 saturated carbocycles. The Hall–Kier alpha value is -1.55. The predicted molar refractivity (Wildman–Crippen MR) is 75.3 cm³/mol. The molecule has 0 aromatic heterocycles. The number of rotatable bonds is 6. The molecule has 19 heavy (non-hydrogen) atoms. The minimum atomic E-state index is -0.305. The molecule has 0 fully saturated rings. The Bertz CT molecular complexity index is 431. The van der Waals surface area contributed by atoms with Gasteiger partial charge in [0.05, 0.1) is 12.2 Å². The molecular weight excluding hydrogens is 242 g/mol. The lowest BCUT2D eigenvalue weighted by Crippen LogP contribution is -2.39. The quantitative estimate of drug-likeness (QED) is 0.738. The highest BCUT2D eigenvalue weighted by Crippen LogP contribution is 2.25. The van der Waals surface area contributed by atoms with Crippen LogP contribution in [0.3, 0.4) is 0 Å². The van der Waals surface area contributed by atoms with Gasteiger partial charge >= 0.3 is 0 Å². The first-order valence-electron chi connectivity index (χ1n) is 6.67. The van der Waals surface area contributed by atoms with Gasteiger partial charge in [0, 0.05) is 12.0 Å². The summed E-state index contributed by atoms with van der Waals surface area (Å²) in [4.78, 5) is 12.1. The minimum absolute atomic E-state index is 0.0163. The maximum Gasteiger partial charge on any atom is 0.255 e. The fourth-order valence-electron chi connectivity index (χ4n) is 1.98. The van der Waals surface area contributed by atoms with Crippen LogP contribution in [0.2, 0.25) is 0 Å². The van der Waals surface area contributed by atoms with E-state index in [-0.39, 0.29) is 29.2 Å². The number of hydrogen-bond donors (Lipinski definition) is 3. The summed E-state index contributed by atoms with van der Waals surface area (Å²) in [6.45, 7) is 6.19. The zero-order valence-electron chi connectivity index (χ0n) is 11.9. The molecule has 0 heterocycles. The summed E-state index contributed by atoms with van der Waals surface area (Å²) in [5.74, 6) is -0.288. The molecule has 0 spiro atoms. The first-order chi connectivity index (χ1) is 8.99. The Labute approximate surface area is 114 Å². The second kappa shape index (κ2) is 6.57. The smallest absolute Gasteiger partial charge is 0.255 e. The van der Waals surface area contributed by atoms with Crippen LogP contribution in [0.1, 0.15) is 42.6 Å². The fraction of sp³-hybridized carbons (Fsp3) is 0.533. The van der Waals surface area contributed by atoms with Gasteiger partial charge in [-0.25, -0.2) is 0 Å². The molecule has 1 amide bonds. The summed E-state index contributed by atoms with van der Waals surface area (Å²) >= 11 is 0. The SMILES string of the molecule is CCC(CC)(CO)CNC(=O)c1cccc(C)c1O. The molecule has 0 aliphatic heterocycles. The Morgan fingerprint density at radius 2 is 1.95 bits per heavy atom. The zero-order chi connectivity index (χ0) is 14.5. The van der Waals surface area contributed by atoms with Crippen molar-refractivity contribution in [1.29, 1.82) is 0 Å². The van der Waals surface area contributed by atoms with Crippen LogP contribution in [0.15, 0.2) is 18.2 Å². The van der Waals surface area contributed by atoms with Crippen LogP contribution in [-0.2, 0) is 0 Å². The maximum absolute atomic E-state index is 12.1. The van der Waals surface area contributed by atoms with Gasteiger partial charge in [0.2, 0.25) is 0 Å². The summed E-state index contributed by atoms with van der Waals surface area (Å²) in [5.41, 5.74) is 0.667. The highest BCUT2D eigenvalue weighted by Gasteiger charge is 2.26. The van der Waals surface area contributed by atoms with Gasteiger partial charge in [-0.05, 0) is 31.4 Å². The monoisotopic (exact) mass is 265 g/mol. The highest BCUT2D eigenvalue weighted by molar-refractivity contribution is 5.97.